The quantitative estimate of drug-likeness (QED) is 0.644. The van der Waals surface area contributed by atoms with Crippen molar-refractivity contribution in [2.45, 2.75) is 39.7 Å². The van der Waals surface area contributed by atoms with Gasteiger partial charge in [0.1, 0.15) is 0 Å². The van der Waals surface area contributed by atoms with Crippen molar-refractivity contribution in [1.29, 1.82) is 0 Å². The van der Waals surface area contributed by atoms with E-state index in [0.717, 1.165) is 6.42 Å². The van der Waals surface area contributed by atoms with Crippen molar-refractivity contribution in [3.63, 3.8) is 0 Å². The van der Waals surface area contributed by atoms with Crippen molar-refractivity contribution in [2.24, 2.45) is 5.92 Å². The van der Waals surface area contributed by atoms with Crippen LogP contribution in [0.2, 0.25) is 0 Å². The average Bonchev–Trinajstić information content (AvgIpc) is 2.10. The van der Waals surface area contributed by atoms with Crippen molar-refractivity contribution < 1.29 is 9.90 Å². The minimum Gasteiger partial charge on any atom is -0.478 e. The molecule has 14 heavy (non-hydrogen) atoms. The SMILES string of the molecule is CC/C(=C\[C@H](CC(C)C)NC)C(=O)O. The molecule has 0 aliphatic carbocycles. The summed E-state index contributed by atoms with van der Waals surface area (Å²) in [4.78, 5) is 10.8. The third-order valence-corrected chi connectivity index (χ3v) is 2.15. The molecule has 82 valence electrons. The summed E-state index contributed by atoms with van der Waals surface area (Å²) >= 11 is 0. The van der Waals surface area contributed by atoms with Gasteiger partial charge in [0, 0.05) is 11.6 Å². The topological polar surface area (TPSA) is 49.3 Å². The number of hydrogen-bond acceptors (Lipinski definition) is 2. The van der Waals surface area contributed by atoms with E-state index in [-0.39, 0.29) is 6.04 Å². The molecule has 0 fully saturated rings. The molecule has 0 aromatic heterocycles. The summed E-state index contributed by atoms with van der Waals surface area (Å²) in [6.07, 6.45) is 3.36. The average molecular weight is 199 g/mol. The van der Waals surface area contributed by atoms with Gasteiger partial charge in [-0.1, -0.05) is 26.8 Å². The highest BCUT2D eigenvalue weighted by atomic mass is 16.4. The highest BCUT2D eigenvalue weighted by Gasteiger charge is 2.10. The zero-order valence-corrected chi connectivity index (χ0v) is 9.50. The van der Waals surface area contributed by atoms with E-state index in [2.05, 4.69) is 19.2 Å². The van der Waals surface area contributed by atoms with Gasteiger partial charge < -0.3 is 10.4 Å². The van der Waals surface area contributed by atoms with Crippen molar-refractivity contribution in [1.82, 2.24) is 5.32 Å². The van der Waals surface area contributed by atoms with E-state index in [9.17, 15) is 4.79 Å². The second-order valence-electron chi connectivity index (χ2n) is 3.88. The fourth-order valence-electron chi connectivity index (χ4n) is 1.36. The van der Waals surface area contributed by atoms with Crippen LogP contribution in [0.5, 0.6) is 0 Å². The first kappa shape index (κ1) is 13.2. The Balaban J connectivity index is 4.44. The molecule has 0 radical (unpaired) electrons. The molecule has 0 saturated heterocycles. The van der Waals surface area contributed by atoms with Gasteiger partial charge in [0.05, 0.1) is 0 Å². The van der Waals surface area contributed by atoms with E-state index < -0.39 is 5.97 Å². The van der Waals surface area contributed by atoms with Crippen molar-refractivity contribution in [2.75, 3.05) is 7.05 Å². The number of carbonyl (C=O) groups is 1. The molecule has 0 amide bonds. The first-order valence-electron chi connectivity index (χ1n) is 5.12. The number of rotatable bonds is 6. The van der Waals surface area contributed by atoms with Gasteiger partial charge >= 0.3 is 5.97 Å². The Morgan fingerprint density at radius 2 is 2.07 bits per heavy atom. The first-order chi connectivity index (χ1) is 6.51. The summed E-state index contributed by atoms with van der Waals surface area (Å²) in [6.45, 7) is 6.12. The van der Waals surface area contributed by atoms with Crippen LogP contribution in [0.1, 0.15) is 33.6 Å². The number of carboxylic acid groups (broad SMARTS) is 1. The fraction of sp³-hybridized carbons (Fsp3) is 0.727. The van der Waals surface area contributed by atoms with Crippen LogP contribution in [0.25, 0.3) is 0 Å². The monoisotopic (exact) mass is 199 g/mol. The smallest absolute Gasteiger partial charge is 0.331 e. The van der Waals surface area contributed by atoms with Crippen molar-refractivity contribution in [3.05, 3.63) is 11.6 Å². The lowest BCUT2D eigenvalue weighted by Gasteiger charge is -2.15. The van der Waals surface area contributed by atoms with Crippen LogP contribution >= 0.6 is 0 Å². The molecule has 2 N–H and O–H groups in total. The van der Waals surface area contributed by atoms with Gasteiger partial charge in [-0.25, -0.2) is 4.79 Å². The Labute approximate surface area is 86.2 Å². The molecule has 0 bridgehead atoms. The van der Waals surface area contributed by atoms with Crippen molar-refractivity contribution in [3.8, 4) is 0 Å². The van der Waals surface area contributed by atoms with Crippen LogP contribution in [-0.2, 0) is 4.79 Å². The third-order valence-electron chi connectivity index (χ3n) is 2.15. The molecule has 1 atom stereocenters. The van der Waals surface area contributed by atoms with Crippen LogP contribution < -0.4 is 5.32 Å². The Kier molecular flexibility index (Phi) is 6.21. The van der Waals surface area contributed by atoms with E-state index in [4.69, 9.17) is 5.11 Å². The largest absolute Gasteiger partial charge is 0.478 e. The van der Waals surface area contributed by atoms with Gasteiger partial charge in [0.15, 0.2) is 0 Å². The molecule has 0 heterocycles. The Morgan fingerprint density at radius 3 is 2.36 bits per heavy atom. The summed E-state index contributed by atoms with van der Waals surface area (Å²) < 4.78 is 0. The normalized spacial score (nSPS) is 14.5. The van der Waals surface area contributed by atoms with Gasteiger partial charge in [-0.3, -0.25) is 0 Å². The number of likely N-dealkylation sites (N-methyl/N-ethyl adjacent to an activating group) is 1. The highest BCUT2D eigenvalue weighted by Crippen LogP contribution is 2.09. The molecule has 0 saturated carbocycles. The minimum absolute atomic E-state index is 0.168. The van der Waals surface area contributed by atoms with Gasteiger partial charge in [-0.15, -0.1) is 0 Å². The maximum atomic E-state index is 10.8. The van der Waals surface area contributed by atoms with E-state index in [0.29, 0.717) is 17.9 Å². The second kappa shape index (κ2) is 6.60. The number of carboxylic acids is 1. The predicted molar refractivity (Wildman–Crippen MR) is 58.3 cm³/mol. The van der Waals surface area contributed by atoms with Gasteiger partial charge in [0.25, 0.3) is 0 Å². The van der Waals surface area contributed by atoms with Crippen LogP contribution in [0, 0.1) is 5.92 Å². The second-order valence-corrected chi connectivity index (χ2v) is 3.88. The predicted octanol–water partition coefficient (Wildman–Crippen LogP) is 2.04. The minimum atomic E-state index is -0.809. The summed E-state index contributed by atoms with van der Waals surface area (Å²) in [5.41, 5.74) is 0.491. The van der Waals surface area contributed by atoms with E-state index in [1.54, 1.807) is 0 Å². The van der Waals surface area contributed by atoms with Gasteiger partial charge in [-0.05, 0) is 25.8 Å². The Morgan fingerprint density at radius 1 is 1.50 bits per heavy atom. The molecular weight excluding hydrogens is 178 g/mol. The molecule has 3 nitrogen and oxygen atoms in total. The standard InChI is InChI=1S/C11H21NO2/c1-5-9(11(13)14)7-10(12-4)6-8(2)3/h7-8,10,12H,5-6H2,1-4H3,(H,13,14)/b9-7+/t10-/m0/s1. The van der Waals surface area contributed by atoms with Gasteiger partial charge in [-0.2, -0.15) is 0 Å². The lowest BCUT2D eigenvalue weighted by Crippen LogP contribution is -2.25. The zero-order chi connectivity index (χ0) is 11.1. The molecule has 0 aliphatic heterocycles. The maximum absolute atomic E-state index is 10.8. The lowest BCUT2D eigenvalue weighted by molar-refractivity contribution is -0.132. The highest BCUT2D eigenvalue weighted by molar-refractivity contribution is 5.86. The lowest BCUT2D eigenvalue weighted by atomic mass is 10.0. The van der Waals surface area contributed by atoms with Crippen LogP contribution in [0.3, 0.4) is 0 Å². The first-order valence-corrected chi connectivity index (χ1v) is 5.12. The van der Waals surface area contributed by atoms with E-state index in [1.165, 1.54) is 0 Å². The number of aliphatic carboxylic acids is 1. The fourth-order valence-corrected chi connectivity index (χ4v) is 1.36. The van der Waals surface area contributed by atoms with Crippen molar-refractivity contribution >= 4 is 5.97 Å². The third kappa shape index (κ3) is 5.02. The number of nitrogens with one attached hydrogen (secondary N) is 1. The van der Waals surface area contributed by atoms with E-state index in [1.807, 2.05) is 20.0 Å². The van der Waals surface area contributed by atoms with Crippen LogP contribution in [-0.4, -0.2) is 24.2 Å². The van der Waals surface area contributed by atoms with Crippen LogP contribution in [0.4, 0.5) is 0 Å². The molecular formula is C11H21NO2. The zero-order valence-electron chi connectivity index (χ0n) is 9.50. The molecule has 3 heteroatoms. The molecule has 0 aliphatic rings. The number of hydrogen-bond donors (Lipinski definition) is 2. The summed E-state index contributed by atoms with van der Waals surface area (Å²) in [6, 6.07) is 0.168. The summed E-state index contributed by atoms with van der Waals surface area (Å²) in [7, 11) is 1.86. The molecule has 0 aromatic rings. The van der Waals surface area contributed by atoms with Gasteiger partial charge in [0.2, 0.25) is 0 Å². The van der Waals surface area contributed by atoms with Crippen LogP contribution in [0.15, 0.2) is 11.6 Å². The Hall–Kier alpha value is -0.830. The molecule has 0 spiro atoms. The van der Waals surface area contributed by atoms with E-state index >= 15 is 0 Å². The molecule has 0 rings (SSSR count). The summed E-state index contributed by atoms with van der Waals surface area (Å²) in [5, 5.41) is 12.0. The maximum Gasteiger partial charge on any atom is 0.331 e. The Bertz CT molecular complexity index is 209. The molecule has 0 unspecified atom stereocenters. The molecule has 0 aromatic carbocycles. The summed E-state index contributed by atoms with van der Waals surface area (Å²) in [5.74, 6) is -0.243.